The van der Waals surface area contributed by atoms with Crippen LogP contribution in [-0.4, -0.2) is 25.2 Å². The van der Waals surface area contributed by atoms with Crippen LogP contribution in [0.2, 0.25) is 0 Å². The van der Waals surface area contributed by atoms with Crippen molar-refractivity contribution in [3.63, 3.8) is 0 Å². The zero-order valence-electron chi connectivity index (χ0n) is 11.2. The number of benzene rings is 1. The minimum Gasteiger partial charge on any atom is -0.366 e. The van der Waals surface area contributed by atoms with E-state index in [1.807, 2.05) is 0 Å². The molecule has 1 aliphatic rings. The van der Waals surface area contributed by atoms with Gasteiger partial charge in [-0.2, -0.15) is 0 Å². The average molecular weight is 232 g/mol. The van der Waals surface area contributed by atoms with Gasteiger partial charge in [0.05, 0.1) is 0 Å². The molecule has 0 radical (unpaired) electrons. The van der Waals surface area contributed by atoms with Gasteiger partial charge < -0.3 is 10.2 Å². The van der Waals surface area contributed by atoms with E-state index in [2.05, 4.69) is 55.3 Å². The standard InChI is InChI=1S/C15H24N2/c1-4-7-14-8-5-6-9-15(14)17-11-12(2)16-10-13(17)3/h5-6,8-9,12-13,16H,4,7,10-11H2,1-3H3. The minimum atomic E-state index is 0.584. The summed E-state index contributed by atoms with van der Waals surface area (Å²) in [5, 5.41) is 3.54. The molecule has 0 bridgehead atoms. The molecule has 1 aliphatic heterocycles. The molecule has 2 heteroatoms. The molecule has 2 rings (SSSR count). The van der Waals surface area contributed by atoms with Crippen molar-refractivity contribution in [2.75, 3.05) is 18.0 Å². The monoisotopic (exact) mass is 232 g/mol. The van der Waals surface area contributed by atoms with Crippen molar-refractivity contribution >= 4 is 5.69 Å². The molecule has 2 nitrogen and oxygen atoms in total. The predicted octanol–water partition coefficient (Wildman–Crippen LogP) is 2.83. The average Bonchev–Trinajstić information content (AvgIpc) is 2.34. The first kappa shape index (κ1) is 12.4. The summed E-state index contributed by atoms with van der Waals surface area (Å²) in [5.41, 5.74) is 2.94. The third-order valence-electron chi connectivity index (χ3n) is 3.58. The van der Waals surface area contributed by atoms with Gasteiger partial charge in [-0.1, -0.05) is 31.5 Å². The van der Waals surface area contributed by atoms with Crippen LogP contribution in [0.4, 0.5) is 5.69 Å². The molecule has 1 fully saturated rings. The maximum atomic E-state index is 3.54. The number of hydrogen-bond donors (Lipinski definition) is 1. The summed E-state index contributed by atoms with van der Waals surface area (Å²) in [7, 11) is 0. The molecule has 1 saturated heterocycles. The number of anilines is 1. The van der Waals surface area contributed by atoms with E-state index >= 15 is 0 Å². The third-order valence-corrected chi connectivity index (χ3v) is 3.58. The van der Waals surface area contributed by atoms with E-state index in [0.29, 0.717) is 12.1 Å². The fourth-order valence-electron chi connectivity index (χ4n) is 2.63. The highest BCUT2D eigenvalue weighted by Gasteiger charge is 2.23. The van der Waals surface area contributed by atoms with Crippen LogP contribution >= 0.6 is 0 Å². The van der Waals surface area contributed by atoms with Crippen molar-refractivity contribution in [2.45, 2.75) is 45.7 Å². The summed E-state index contributed by atoms with van der Waals surface area (Å²) in [6, 6.07) is 10.0. The lowest BCUT2D eigenvalue weighted by molar-refractivity contribution is 0.424. The highest BCUT2D eigenvalue weighted by molar-refractivity contribution is 5.55. The Hall–Kier alpha value is -1.02. The van der Waals surface area contributed by atoms with Crippen LogP contribution in [0, 0.1) is 0 Å². The molecule has 1 heterocycles. The summed E-state index contributed by atoms with van der Waals surface area (Å²) < 4.78 is 0. The van der Waals surface area contributed by atoms with E-state index in [1.54, 1.807) is 0 Å². The zero-order valence-corrected chi connectivity index (χ0v) is 11.2. The second kappa shape index (κ2) is 5.54. The topological polar surface area (TPSA) is 15.3 Å². The molecule has 2 unspecified atom stereocenters. The molecular formula is C15H24N2. The van der Waals surface area contributed by atoms with Gasteiger partial charge in [-0.15, -0.1) is 0 Å². The maximum Gasteiger partial charge on any atom is 0.0402 e. The lowest BCUT2D eigenvalue weighted by Crippen LogP contribution is -2.54. The van der Waals surface area contributed by atoms with Crippen LogP contribution in [0.3, 0.4) is 0 Å². The van der Waals surface area contributed by atoms with Crippen molar-refractivity contribution in [1.29, 1.82) is 0 Å². The van der Waals surface area contributed by atoms with Crippen LogP contribution in [0.5, 0.6) is 0 Å². The fourth-order valence-corrected chi connectivity index (χ4v) is 2.63. The van der Waals surface area contributed by atoms with Crippen LogP contribution in [0.1, 0.15) is 32.8 Å². The van der Waals surface area contributed by atoms with Crippen LogP contribution in [0.15, 0.2) is 24.3 Å². The van der Waals surface area contributed by atoms with Crippen molar-refractivity contribution in [1.82, 2.24) is 5.32 Å². The highest BCUT2D eigenvalue weighted by Crippen LogP contribution is 2.25. The Balaban J connectivity index is 2.25. The van der Waals surface area contributed by atoms with Gasteiger partial charge in [-0.05, 0) is 31.9 Å². The van der Waals surface area contributed by atoms with Gasteiger partial charge in [0, 0.05) is 30.9 Å². The summed E-state index contributed by atoms with van der Waals surface area (Å²) in [4.78, 5) is 2.56. The van der Waals surface area contributed by atoms with Gasteiger partial charge in [0.1, 0.15) is 0 Å². The first-order chi connectivity index (χ1) is 8.22. The lowest BCUT2D eigenvalue weighted by atomic mass is 10.0. The van der Waals surface area contributed by atoms with E-state index in [0.717, 1.165) is 13.1 Å². The Morgan fingerprint density at radius 3 is 2.82 bits per heavy atom. The smallest absolute Gasteiger partial charge is 0.0402 e. The summed E-state index contributed by atoms with van der Waals surface area (Å²) in [5.74, 6) is 0. The first-order valence-corrected chi connectivity index (χ1v) is 6.80. The van der Waals surface area contributed by atoms with E-state index in [-0.39, 0.29) is 0 Å². The number of aryl methyl sites for hydroxylation is 1. The van der Waals surface area contributed by atoms with Gasteiger partial charge in [0.2, 0.25) is 0 Å². The fraction of sp³-hybridized carbons (Fsp3) is 0.600. The number of hydrogen-bond acceptors (Lipinski definition) is 2. The van der Waals surface area contributed by atoms with Gasteiger partial charge in [0.15, 0.2) is 0 Å². The molecule has 0 spiro atoms. The SMILES string of the molecule is CCCc1ccccc1N1CC(C)NCC1C. The highest BCUT2D eigenvalue weighted by atomic mass is 15.2. The van der Waals surface area contributed by atoms with Gasteiger partial charge in [-0.3, -0.25) is 0 Å². The largest absolute Gasteiger partial charge is 0.366 e. The zero-order chi connectivity index (χ0) is 12.3. The third kappa shape index (κ3) is 2.81. The van der Waals surface area contributed by atoms with Crippen LogP contribution in [0.25, 0.3) is 0 Å². The Kier molecular flexibility index (Phi) is 4.06. The van der Waals surface area contributed by atoms with E-state index in [1.165, 1.54) is 24.1 Å². The van der Waals surface area contributed by atoms with Gasteiger partial charge >= 0.3 is 0 Å². The van der Waals surface area contributed by atoms with Crippen LogP contribution in [-0.2, 0) is 6.42 Å². The van der Waals surface area contributed by atoms with E-state index < -0.39 is 0 Å². The molecule has 0 aromatic heterocycles. The summed E-state index contributed by atoms with van der Waals surface area (Å²) in [6.45, 7) is 9.02. The number of rotatable bonds is 3. The Bertz CT molecular complexity index is 362. The second-order valence-corrected chi connectivity index (χ2v) is 5.19. The quantitative estimate of drug-likeness (QED) is 0.862. The van der Waals surface area contributed by atoms with Crippen molar-refractivity contribution in [3.05, 3.63) is 29.8 Å². The predicted molar refractivity (Wildman–Crippen MR) is 74.7 cm³/mol. The van der Waals surface area contributed by atoms with Crippen molar-refractivity contribution in [3.8, 4) is 0 Å². The Labute approximate surface area is 105 Å². The molecule has 2 atom stereocenters. The number of piperazine rings is 1. The molecule has 0 amide bonds. The Morgan fingerprint density at radius 1 is 1.29 bits per heavy atom. The molecular weight excluding hydrogens is 208 g/mol. The normalized spacial score (nSPS) is 25.0. The molecule has 17 heavy (non-hydrogen) atoms. The summed E-state index contributed by atoms with van der Waals surface area (Å²) >= 11 is 0. The first-order valence-electron chi connectivity index (χ1n) is 6.80. The number of para-hydroxylation sites is 1. The molecule has 0 saturated carbocycles. The second-order valence-electron chi connectivity index (χ2n) is 5.19. The van der Waals surface area contributed by atoms with Gasteiger partial charge in [0.25, 0.3) is 0 Å². The number of nitrogens with one attached hydrogen (secondary N) is 1. The molecule has 94 valence electrons. The molecule has 1 aromatic carbocycles. The molecule has 1 aromatic rings. The van der Waals surface area contributed by atoms with Crippen molar-refractivity contribution < 1.29 is 0 Å². The Morgan fingerprint density at radius 2 is 2.06 bits per heavy atom. The maximum absolute atomic E-state index is 3.54. The summed E-state index contributed by atoms with van der Waals surface area (Å²) in [6.07, 6.45) is 2.40. The lowest BCUT2D eigenvalue weighted by Gasteiger charge is -2.40. The minimum absolute atomic E-state index is 0.584. The molecule has 0 aliphatic carbocycles. The van der Waals surface area contributed by atoms with E-state index in [4.69, 9.17) is 0 Å². The van der Waals surface area contributed by atoms with Crippen molar-refractivity contribution in [2.24, 2.45) is 0 Å². The van der Waals surface area contributed by atoms with Crippen LogP contribution < -0.4 is 10.2 Å². The van der Waals surface area contributed by atoms with Gasteiger partial charge in [-0.25, -0.2) is 0 Å². The van der Waals surface area contributed by atoms with E-state index in [9.17, 15) is 0 Å². The molecule has 1 N–H and O–H groups in total. The number of nitrogens with zero attached hydrogens (tertiary/aromatic N) is 1.